The first-order chi connectivity index (χ1) is 11.9. The van der Waals surface area contributed by atoms with Crippen molar-refractivity contribution in [2.45, 2.75) is 20.4 Å². The number of amides is 1. The fraction of sp³-hybridized carbons (Fsp3) is 0.263. The molecule has 0 aliphatic heterocycles. The van der Waals surface area contributed by atoms with Crippen molar-refractivity contribution in [3.05, 3.63) is 64.5 Å². The van der Waals surface area contributed by atoms with Gasteiger partial charge in [-0.15, -0.1) is 0 Å². The SMILES string of the molecule is CC(C)Cn1ccc2c(cc(C(=O)Nc3cccc(F)c3)n2C)c1=O. The van der Waals surface area contributed by atoms with E-state index in [0.717, 1.165) is 0 Å². The van der Waals surface area contributed by atoms with Crippen molar-refractivity contribution in [3.63, 3.8) is 0 Å². The summed E-state index contributed by atoms with van der Waals surface area (Å²) >= 11 is 0. The van der Waals surface area contributed by atoms with E-state index >= 15 is 0 Å². The predicted octanol–water partition coefficient (Wildman–Crippen LogP) is 3.39. The molecule has 0 aliphatic rings. The molecule has 130 valence electrons. The lowest BCUT2D eigenvalue weighted by Crippen LogP contribution is -2.21. The number of hydrogen-bond donors (Lipinski definition) is 1. The third-order valence-corrected chi connectivity index (χ3v) is 4.06. The van der Waals surface area contributed by atoms with Crippen LogP contribution >= 0.6 is 0 Å². The Labute approximate surface area is 144 Å². The minimum Gasteiger partial charge on any atom is -0.339 e. The summed E-state index contributed by atoms with van der Waals surface area (Å²) < 4.78 is 16.6. The van der Waals surface area contributed by atoms with Gasteiger partial charge in [-0.25, -0.2) is 4.39 Å². The van der Waals surface area contributed by atoms with E-state index < -0.39 is 5.82 Å². The number of carbonyl (C=O) groups is 1. The molecular weight excluding hydrogens is 321 g/mol. The van der Waals surface area contributed by atoms with Crippen LogP contribution in [0.4, 0.5) is 10.1 Å². The molecule has 6 heteroatoms. The number of pyridine rings is 1. The smallest absolute Gasteiger partial charge is 0.272 e. The van der Waals surface area contributed by atoms with Gasteiger partial charge in [0.2, 0.25) is 0 Å². The van der Waals surface area contributed by atoms with Crippen molar-refractivity contribution in [1.82, 2.24) is 9.13 Å². The third-order valence-electron chi connectivity index (χ3n) is 4.06. The second kappa shape index (κ2) is 6.55. The molecular formula is C19H20FN3O2. The van der Waals surface area contributed by atoms with Crippen LogP contribution < -0.4 is 10.9 Å². The number of nitrogens with zero attached hydrogens (tertiary/aromatic N) is 2. The van der Waals surface area contributed by atoms with Crippen LogP contribution in [0, 0.1) is 11.7 Å². The van der Waals surface area contributed by atoms with Gasteiger partial charge in [0.15, 0.2) is 0 Å². The fourth-order valence-electron chi connectivity index (χ4n) is 2.89. The third kappa shape index (κ3) is 3.33. The minimum absolute atomic E-state index is 0.119. The Bertz CT molecular complexity index is 1000. The van der Waals surface area contributed by atoms with Gasteiger partial charge in [-0.1, -0.05) is 19.9 Å². The highest BCUT2D eigenvalue weighted by molar-refractivity contribution is 6.06. The number of fused-ring (bicyclic) bond motifs is 1. The molecule has 1 aromatic carbocycles. The van der Waals surface area contributed by atoms with Crippen LogP contribution in [0.15, 0.2) is 47.4 Å². The summed E-state index contributed by atoms with van der Waals surface area (Å²) in [7, 11) is 1.73. The number of aryl methyl sites for hydroxylation is 1. The monoisotopic (exact) mass is 341 g/mol. The number of anilines is 1. The van der Waals surface area contributed by atoms with Gasteiger partial charge in [-0.3, -0.25) is 9.59 Å². The van der Waals surface area contributed by atoms with E-state index in [1.807, 2.05) is 19.9 Å². The molecule has 5 nitrogen and oxygen atoms in total. The Balaban J connectivity index is 1.99. The lowest BCUT2D eigenvalue weighted by molar-refractivity contribution is 0.102. The first-order valence-electron chi connectivity index (χ1n) is 8.12. The number of carbonyl (C=O) groups excluding carboxylic acids is 1. The zero-order valence-corrected chi connectivity index (χ0v) is 14.4. The minimum atomic E-state index is -0.425. The summed E-state index contributed by atoms with van der Waals surface area (Å²) in [4.78, 5) is 25.2. The summed E-state index contributed by atoms with van der Waals surface area (Å²) in [5.41, 5.74) is 1.28. The van der Waals surface area contributed by atoms with E-state index in [1.165, 1.54) is 18.2 Å². The predicted molar refractivity (Wildman–Crippen MR) is 96.4 cm³/mol. The van der Waals surface area contributed by atoms with Gasteiger partial charge < -0.3 is 14.5 Å². The van der Waals surface area contributed by atoms with Crippen molar-refractivity contribution >= 4 is 22.5 Å². The summed E-state index contributed by atoms with van der Waals surface area (Å²) in [6.07, 6.45) is 1.75. The first-order valence-corrected chi connectivity index (χ1v) is 8.12. The largest absolute Gasteiger partial charge is 0.339 e. The van der Waals surface area contributed by atoms with Crippen LogP contribution in [0.3, 0.4) is 0 Å². The number of rotatable bonds is 4. The molecule has 0 bridgehead atoms. The zero-order chi connectivity index (χ0) is 18.1. The van der Waals surface area contributed by atoms with Crippen molar-refractivity contribution in [2.75, 3.05) is 5.32 Å². The Morgan fingerprint density at radius 2 is 2.00 bits per heavy atom. The molecule has 0 atom stereocenters. The molecule has 2 aromatic heterocycles. The molecule has 0 aliphatic carbocycles. The van der Waals surface area contributed by atoms with Gasteiger partial charge in [0.25, 0.3) is 11.5 Å². The molecule has 3 rings (SSSR count). The Hall–Kier alpha value is -2.89. The van der Waals surface area contributed by atoms with E-state index in [2.05, 4.69) is 5.32 Å². The van der Waals surface area contributed by atoms with Crippen LogP contribution in [-0.2, 0) is 13.6 Å². The molecule has 0 saturated heterocycles. The van der Waals surface area contributed by atoms with E-state index in [9.17, 15) is 14.0 Å². The van der Waals surface area contributed by atoms with Gasteiger partial charge in [-0.05, 0) is 36.2 Å². The molecule has 0 radical (unpaired) electrons. The highest BCUT2D eigenvalue weighted by atomic mass is 19.1. The van der Waals surface area contributed by atoms with Gasteiger partial charge in [-0.2, -0.15) is 0 Å². The number of benzene rings is 1. The van der Waals surface area contributed by atoms with Crippen LogP contribution in [0.1, 0.15) is 24.3 Å². The number of nitrogens with one attached hydrogen (secondary N) is 1. The fourth-order valence-corrected chi connectivity index (χ4v) is 2.89. The van der Waals surface area contributed by atoms with E-state index in [4.69, 9.17) is 0 Å². The number of halogens is 1. The summed E-state index contributed by atoms with van der Waals surface area (Å²) in [6, 6.07) is 9.11. The lowest BCUT2D eigenvalue weighted by atomic mass is 10.2. The molecule has 2 heterocycles. The van der Waals surface area contributed by atoms with Crippen LogP contribution in [0.2, 0.25) is 0 Å². The van der Waals surface area contributed by atoms with Crippen molar-refractivity contribution in [2.24, 2.45) is 13.0 Å². The van der Waals surface area contributed by atoms with Gasteiger partial charge in [0.1, 0.15) is 11.5 Å². The van der Waals surface area contributed by atoms with Crippen molar-refractivity contribution < 1.29 is 9.18 Å². The second-order valence-corrected chi connectivity index (χ2v) is 6.52. The normalized spacial score (nSPS) is 11.2. The van der Waals surface area contributed by atoms with Crippen LogP contribution in [0.25, 0.3) is 10.9 Å². The van der Waals surface area contributed by atoms with Crippen LogP contribution in [-0.4, -0.2) is 15.0 Å². The Morgan fingerprint density at radius 3 is 2.68 bits per heavy atom. The molecule has 25 heavy (non-hydrogen) atoms. The van der Waals surface area contributed by atoms with E-state index in [-0.39, 0.29) is 11.5 Å². The topological polar surface area (TPSA) is 56.0 Å². The van der Waals surface area contributed by atoms with Gasteiger partial charge in [0, 0.05) is 25.5 Å². The molecule has 0 saturated carbocycles. The van der Waals surface area contributed by atoms with E-state index in [1.54, 1.807) is 34.5 Å². The standard InChI is InChI=1S/C19H20FN3O2/c1-12(2)11-23-8-7-16-15(19(23)25)10-17(22(16)3)18(24)21-14-6-4-5-13(20)9-14/h4-10,12H,11H2,1-3H3,(H,21,24). The quantitative estimate of drug-likeness (QED) is 0.791. The lowest BCUT2D eigenvalue weighted by Gasteiger charge is -2.09. The summed E-state index contributed by atoms with van der Waals surface area (Å²) in [6.45, 7) is 4.70. The molecule has 0 spiro atoms. The van der Waals surface area contributed by atoms with Crippen molar-refractivity contribution in [1.29, 1.82) is 0 Å². The average molecular weight is 341 g/mol. The van der Waals surface area contributed by atoms with Gasteiger partial charge in [0.05, 0.1) is 10.9 Å². The van der Waals surface area contributed by atoms with E-state index in [0.29, 0.717) is 34.7 Å². The molecule has 3 aromatic rings. The van der Waals surface area contributed by atoms with Crippen LogP contribution in [0.5, 0.6) is 0 Å². The summed E-state index contributed by atoms with van der Waals surface area (Å²) in [5.74, 6) is -0.472. The highest BCUT2D eigenvalue weighted by Crippen LogP contribution is 2.18. The maximum atomic E-state index is 13.3. The molecule has 0 fully saturated rings. The van der Waals surface area contributed by atoms with Crippen molar-refractivity contribution in [3.8, 4) is 0 Å². The number of aromatic nitrogens is 2. The number of hydrogen-bond acceptors (Lipinski definition) is 2. The second-order valence-electron chi connectivity index (χ2n) is 6.52. The maximum absolute atomic E-state index is 13.3. The Kier molecular flexibility index (Phi) is 4.44. The summed E-state index contributed by atoms with van der Waals surface area (Å²) in [5, 5.41) is 3.15. The maximum Gasteiger partial charge on any atom is 0.272 e. The molecule has 1 N–H and O–H groups in total. The zero-order valence-electron chi connectivity index (χ0n) is 14.4. The molecule has 0 unspecified atom stereocenters. The Morgan fingerprint density at radius 1 is 1.24 bits per heavy atom. The highest BCUT2D eigenvalue weighted by Gasteiger charge is 2.16. The first kappa shape index (κ1) is 17.0. The molecule has 1 amide bonds. The van der Waals surface area contributed by atoms with Gasteiger partial charge >= 0.3 is 0 Å². The average Bonchev–Trinajstić information content (AvgIpc) is 2.88.